The van der Waals surface area contributed by atoms with E-state index in [1.165, 1.54) is 0 Å². The van der Waals surface area contributed by atoms with Gasteiger partial charge in [-0.05, 0) is 48.2 Å². The summed E-state index contributed by atoms with van der Waals surface area (Å²) in [7, 11) is 0. The second-order valence-corrected chi connectivity index (χ2v) is 3.60. The lowest BCUT2D eigenvalue weighted by molar-refractivity contribution is 0.107. The van der Waals surface area contributed by atoms with Crippen LogP contribution < -0.4 is 10.3 Å². The highest BCUT2D eigenvalue weighted by Crippen LogP contribution is 2.12. The Balaban J connectivity index is 2.89. The molecule has 1 aromatic carbocycles. The van der Waals surface area contributed by atoms with E-state index in [1.54, 1.807) is 24.3 Å². The van der Waals surface area contributed by atoms with E-state index in [4.69, 9.17) is 10.3 Å². The van der Waals surface area contributed by atoms with Gasteiger partial charge in [0.15, 0.2) is 0 Å². The maximum absolute atomic E-state index is 11.1. The molecule has 0 amide bonds. The van der Waals surface area contributed by atoms with E-state index in [2.05, 4.69) is 0 Å². The number of carbonyl (C=O) groups is 2. The highest BCUT2D eigenvalue weighted by molar-refractivity contribution is 8.12. The summed E-state index contributed by atoms with van der Waals surface area (Å²) in [5, 5.41) is 9.74. The van der Waals surface area contributed by atoms with Crippen molar-refractivity contribution in [3.8, 4) is 0 Å². The summed E-state index contributed by atoms with van der Waals surface area (Å²) in [6.45, 7) is 0. The van der Waals surface area contributed by atoms with Crippen molar-refractivity contribution in [1.82, 2.24) is 0 Å². The van der Waals surface area contributed by atoms with Crippen molar-refractivity contribution in [2.75, 3.05) is 0 Å². The minimum absolute atomic E-state index is 0.232. The van der Waals surface area contributed by atoms with Crippen LogP contribution in [0.15, 0.2) is 24.3 Å². The zero-order valence-electron chi connectivity index (χ0n) is 7.10. The van der Waals surface area contributed by atoms with E-state index in [0.717, 1.165) is 0 Å². The van der Waals surface area contributed by atoms with E-state index >= 15 is 0 Å². The SMILES string of the molecule is NSC(=O)c1ccc(C(=O)SN)cc1. The van der Waals surface area contributed by atoms with Crippen molar-refractivity contribution in [2.45, 2.75) is 0 Å². The molecule has 0 aliphatic carbocycles. The number of rotatable bonds is 2. The largest absolute Gasteiger partial charge is 0.280 e. The molecular weight excluding hydrogens is 220 g/mol. The first-order chi connectivity index (χ1) is 6.69. The summed E-state index contributed by atoms with van der Waals surface area (Å²) in [6, 6.07) is 6.19. The zero-order valence-corrected chi connectivity index (χ0v) is 8.73. The molecule has 1 rings (SSSR count). The molecule has 1 aromatic rings. The van der Waals surface area contributed by atoms with Crippen LogP contribution in [0.4, 0.5) is 0 Å². The Morgan fingerprint density at radius 3 is 1.36 bits per heavy atom. The second kappa shape index (κ2) is 5.16. The Labute approximate surface area is 89.7 Å². The summed E-state index contributed by atoms with van der Waals surface area (Å²) >= 11 is 1.29. The van der Waals surface area contributed by atoms with Crippen molar-refractivity contribution in [1.29, 1.82) is 0 Å². The van der Waals surface area contributed by atoms with Gasteiger partial charge in [0.25, 0.3) is 0 Å². The molecule has 14 heavy (non-hydrogen) atoms. The smallest absolute Gasteiger partial charge is 0.233 e. The molecule has 0 saturated heterocycles. The fourth-order valence-electron chi connectivity index (χ4n) is 0.878. The first kappa shape index (κ1) is 11.3. The van der Waals surface area contributed by atoms with Crippen molar-refractivity contribution >= 4 is 34.1 Å². The molecule has 4 N–H and O–H groups in total. The van der Waals surface area contributed by atoms with Crippen molar-refractivity contribution in [3.63, 3.8) is 0 Å². The van der Waals surface area contributed by atoms with Crippen LogP contribution >= 0.6 is 23.9 Å². The lowest BCUT2D eigenvalue weighted by atomic mass is 10.2. The topological polar surface area (TPSA) is 86.2 Å². The van der Waals surface area contributed by atoms with Gasteiger partial charge in [-0.25, -0.2) is 0 Å². The van der Waals surface area contributed by atoms with Gasteiger partial charge in [-0.15, -0.1) is 0 Å². The van der Waals surface area contributed by atoms with Gasteiger partial charge in [0, 0.05) is 11.1 Å². The Kier molecular flexibility index (Phi) is 4.15. The molecule has 0 fully saturated rings. The standard InChI is InChI=1S/C8H8N2O2S2/c9-13-7(11)5-1-2-6(4-3-5)8(12)14-10/h1-4H,9-10H2. The van der Waals surface area contributed by atoms with Crippen molar-refractivity contribution in [2.24, 2.45) is 10.3 Å². The predicted octanol–water partition coefficient (Wildman–Crippen LogP) is 1.18. The van der Waals surface area contributed by atoms with Crippen LogP contribution in [0, 0.1) is 0 Å². The molecule has 4 nitrogen and oxygen atoms in total. The van der Waals surface area contributed by atoms with Crippen LogP contribution in [0.2, 0.25) is 0 Å². The molecule has 0 atom stereocenters. The lowest BCUT2D eigenvalue weighted by Gasteiger charge is -1.98. The summed E-state index contributed by atoms with van der Waals surface area (Å²) in [4.78, 5) is 22.2. The molecule has 0 aliphatic rings. The monoisotopic (exact) mass is 228 g/mol. The summed E-state index contributed by atoms with van der Waals surface area (Å²) in [5.41, 5.74) is 0.937. The molecular formula is C8H8N2O2S2. The molecule has 0 aromatic heterocycles. The maximum atomic E-state index is 11.1. The number of benzene rings is 1. The van der Waals surface area contributed by atoms with Crippen LogP contribution in [0.1, 0.15) is 20.7 Å². The highest BCUT2D eigenvalue weighted by atomic mass is 32.2. The summed E-state index contributed by atoms with van der Waals surface area (Å²) in [6.07, 6.45) is 0. The lowest BCUT2D eigenvalue weighted by Crippen LogP contribution is -2.00. The third kappa shape index (κ3) is 2.58. The van der Waals surface area contributed by atoms with Crippen LogP contribution in [0.25, 0.3) is 0 Å². The average Bonchev–Trinajstić information content (AvgIpc) is 2.27. The summed E-state index contributed by atoms with van der Waals surface area (Å²) in [5.74, 6) is 0. The molecule has 6 heteroatoms. The quantitative estimate of drug-likeness (QED) is 0.739. The Hall–Kier alpha value is -0.820. The third-order valence-corrected chi connectivity index (χ3v) is 2.47. The van der Waals surface area contributed by atoms with Crippen LogP contribution in [-0.2, 0) is 0 Å². The Morgan fingerprint density at radius 1 is 0.857 bits per heavy atom. The number of hydrogen-bond acceptors (Lipinski definition) is 6. The normalized spacial score (nSPS) is 9.86. The molecule has 0 heterocycles. The Bertz CT molecular complexity index is 316. The number of hydrogen-bond donors (Lipinski definition) is 2. The first-order valence-corrected chi connectivity index (χ1v) is 5.37. The summed E-state index contributed by atoms with van der Waals surface area (Å²) < 4.78 is 0. The second-order valence-electron chi connectivity index (χ2n) is 2.39. The molecule has 74 valence electrons. The minimum atomic E-state index is -0.232. The predicted molar refractivity (Wildman–Crippen MR) is 58.7 cm³/mol. The van der Waals surface area contributed by atoms with Gasteiger partial charge in [-0.1, -0.05) is 0 Å². The van der Waals surface area contributed by atoms with Gasteiger partial charge >= 0.3 is 0 Å². The number of nitrogens with two attached hydrogens (primary N) is 2. The van der Waals surface area contributed by atoms with Gasteiger partial charge < -0.3 is 0 Å². The van der Waals surface area contributed by atoms with Gasteiger partial charge in [-0.2, -0.15) is 0 Å². The van der Waals surface area contributed by atoms with E-state index in [9.17, 15) is 9.59 Å². The van der Waals surface area contributed by atoms with E-state index < -0.39 is 0 Å². The highest BCUT2D eigenvalue weighted by Gasteiger charge is 2.07. The fraction of sp³-hybridized carbons (Fsp3) is 0. The molecule has 0 unspecified atom stereocenters. The third-order valence-electron chi connectivity index (χ3n) is 1.57. The molecule has 0 spiro atoms. The Morgan fingerprint density at radius 2 is 1.14 bits per heavy atom. The van der Waals surface area contributed by atoms with Crippen LogP contribution in [0.3, 0.4) is 0 Å². The van der Waals surface area contributed by atoms with Gasteiger partial charge in [0.1, 0.15) is 0 Å². The van der Waals surface area contributed by atoms with Crippen molar-refractivity contribution in [3.05, 3.63) is 35.4 Å². The van der Waals surface area contributed by atoms with Gasteiger partial charge in [0.2, 0.25) is 10.2 Å². The van der Waals surface area contributed by atoms with Crippen molar-refractivity contribution < 1.29 is 9.59 Å². The van der Waals surface area contributed by atoms with Crippen LogP contribution in [0.5, 0.6) is 0 Å². The van der Waals surface area contributed by atoms with E-state index in [0.29, 0.717) is 35.0 Å². The average molecular weight is 228 g/mol. The van der Waals surface area contributed by atoms with Gasteiger partial charge in [-0.3, -0.25) is 19.9 Å². The number of carbonyl (C=O) groups excluding carboxylic acids is 2. The molecule has 0 saturated carbocycles. The van der Waals surface area contributed by atoms with Gasteiger partial charge in [0.05, 0.1) is 0 Å². The molecule has 0 radical (unpaired) electrons. The minimum Gasteiger partial charge on any atom is -0.280 e. The van der Waals surface area contributed by atoms with Crippen LogP contribution in [-0.4, -0.2) is 10.2 Å². The first-order valence-electron chi connectivity index (χ1n) is 3.61. The van der Waals surface area contributed by atoms with E-state index in [1.807, 2.05) is 0 Å². The fourth-order valence-corrected chi connectivity index (χ4v) is 1.42. The maximum Gasteiger partial charge on any atom is 0.233 e. The van der Waals surface area contributed by atoms with E-state index in [-0.39, 0.29) is 10.2 Å². The molecule has 0 bridgehead atoms. The molecule has 0 aliphatic heterocycles. The zero-order chi connectivity index (χ0) is 10.6.